The molecule has 0 bridgehead atoms. The maximum absolute atomic E-state index is 14.1. The topological polar surface area (TPSA) is 149 Å². The van der Waals surface area contributed by atoms with Crippen LogP contribution in [0.2, 0.25) is 0 Å². The highest BCUT2D eigenvalue weighted by Gasteiger charge is 2.50. The largest absolute Gasteiger partial charge is 0.361 e. The Morgan fingerprint density at radius 3 is 1.75 bits per heavy atom. The molecule has 0 unspecified atom stereocenters. The number of epoxide rings is 1. The van der Waals surface area contributed by atoms with Gasteiger partial charge in [0.2, 0.25) is 23.6 Å². The summed E-state index contributed by atoms with van der Waals surface area (Å²) in [7, 11) is 3.97. The van der Waals surface area contributed by atoms with E-state index < -0.39 is 47.5 Å². The van der Waals surface area contributed by atoms with Crippen LogP contribution >= 0.6 is 0 Å². The van der Waals surface area contributed by atoms with Crippen LogP contribution in [0, 0.1) is 11.8 Å². The van der Waals surface area contributed by atoms with Crippen molar-refractivity contribution in [3.05, 3.63) is 71.8 Å². The lowest BCUT2D eigenvalue weighted by atomic mass is 9.93. The number of carbonyl (C=O) groups is 5. The van der Waals surface area contributed by atoms with Gasteiger partial charge in [0.25, 0.3) is 0 Å². The first-order valence-electron chi connectivity index (χ1n) is 18.8. The molecule has 1 aliphatic heterocycles. The van der Waals surface area contributed by atoms with Crippen molar-refractivity contribution in [1.82, 2.24) is 26.2 Å². The molecular formula is C41H61N5O6. The van der Waals surface area contributed by atoms with Crippen molar-refractivity contribution >= 4 is 29.4 Å². The number of ether oxygens (including phenoxy) is 1. The summed E-state index contributed by atoms with van der Waals surface area (Å²) in [5.74, 6) is -1.71. The van der Waals surface area contributed by atoms with E-state index in [1.54, 1.807) is 6.92 Å². The SMILES string of the molecule is CC(C)C[C@H](NC(=O)[C@H](CCc1ccccc1)NC(=O)CCCCN(C)C)C(=O)N[C@@H](Cc1ccccc1)C(=O)N[C@@H](CC(C)C)C(=O)[C@@]1(C)CO1. The van der Waals surface area contributed by atoms with Gasteiger partial charge in [-0.1, -0.05) is 88.4 Å². The number of benzene rings is 2. The summed E-state index contributed by atoms with van der Waals surface area (Å²) >= 11 is 0. The van der Waals surface area contributed by atoms with Crippen LogP contribution in [0.15, 0.2) is 60.7 Å². The van der Waals surface area contributed by atoms with Crippen LogP contribution in [0.1, 0.15) is 84.3 Å². The predicted molar refractivity (Wildman–Crippen MR) is 203 cm³/mol. The van der Waals surface area contributed by atoms with E-state index in [2.05, 4.69) is 26.2 Å². The molecule has 0 radical (unpaired) electrons. The highest BCUT2D eigenvalue weighted by Crippen LogP contribution is 2.29. The zero-order chi connectivity index (χ0) is 38.3. The number of Topliss-reactive ketones (excluding diaryl/α,β-unsaturated/α-hetero) is 1. The molecule has 4 N–H and O–H groups in total. The molecule has 11 nitrogen and oxygen atoms in total. The van der Waals surface area contributed by atoms with Crippen LogP contribution in [0.25, 0.3) is 0 Å². The fraction of sp³-hybridized carbons (Fsp3) is 0.585. The Morgan fingerprint density at radius 1 is 0.692 bits per heavy atom. The van der Waals surface area contributed by atoms with Gasteiger partial charge in [0.1, 0.15) is 23.7 Å². The van der Waals surface area contributed by atoms with E-state index >= 15 is 0 Å². The van der Waals surface area contributed by atoms with Crippen molar-refractivity contribution < 1.29 is 28.7 Å². The third-order valence-electron chi connectivity index (χ3n) is 9.17. The minimum absolute atomic E-state index is 0.0267. The lowest BCUT2D eigenvalue weighted by molar-refractivity contribution is -0.135. The summed E-state index contributed by atoms with van der Waals surface area (Å²) in [6.07, 6.45) is 3.66. The van der Waals surface area contributed by atoms with Gasteiger partial charge in [-0.2, -0.15) is 0 Å². The third kappa shape index (κ3) is 14.9. The van der Waals surface area contributed by atoms with Crippen molar-refractivity contribution in [2.75, 3.05) is 27.2 Å². The highest BCUT2D eigenvalue weighted by atomic mass is 16.6. The van der Waals surface area contributed by atoms with Gasteiger partial charge in [-0.15, -0.1) is 0 Å². The van der Waals surface area contributed by atoms with Crippen molar-refractivity contribution in [2.45, 2.75) is 116 Å². The van der Waals surface area contributed by atoms with E-state index in [-0.39, 0.29) is 29.9 Å². The highest BCUT2D eigenvalue weighted by molar-refractivity contribution is 5.98. The molecule has 52 heavy (non-hydrogen) atoms. The molecule has 4 amide bonds. The summed E-state index contributed by atoms with van der Waals surface area (Å²) in [6, 6.07) is 15.4. The van der Waals surface area contributed by atoms with E-state index in [0.29, 0.717) is 45.1 Å². The van der Waals surface area contributed by atoms with Crippen molar-refractivity contribution in [2.24, 2.45) is 11.8 Å². The third-order valence-corrected chi connectivity index (χ3v) is 9.17. The number of amides is 4. The molecule has 286 valence electrons. The maximum Gasteiger partial charge on any atom is 0.243 e. The normalized spacial score (nSPS) is 17.6. The first-order chi connectivity index (χ1) is 24.7. The smallest absolute Gasteiger partial charge is 0.243 e. The Kier molecular flexibility index (Phi) is 16.9. The number of unbranched alkanes of at least 4 members (excludes halogenated alkanes) is 1. The molecule has 0 aromatic heterocycles. The molecule has 1 heterocycles. The fourth-order valence-corrected chi connectivity index (χ4v) is 6.11. The Balaban J connectivity index is 1.80. The molecule has 0 saturated carbocycles. The second kappa shape index (κ2) is 20.8. The van der Waals surface area contributed by atoms with Gasteiger partial charge in [0.15, 0.2) is 5.78 Å². The monoisotopic (exact) mass is 719 g/mol. The van der Waals surface area contributed by atoms with Gasteiger partial charge in [-0.3, -0.25) is 24.0 Å². The minimum atomic E-state index is -1.02. The molecule has 11 heteroatoms. The first-order valence-corrected chi connectivity index (χ1v) is 18.8. The fourth-order valence-electron chi connectivity index (χ4n) is 6.11. The van der Waals surface area contributed by atoms with Crippen molar-refractivity contribution in [1.29, 1.82) is 0 Å². The van der Waals surface area contributed by atoms with Gasteiger partial charge in [0, 0.05) is 12.8 Å². The molecule has 3 rings (SSSR count). The average molecular weight is 720 g/mol. The van der Waals surface area contributed by atoms with E-state index in [0.717, 1.165) is 24.1 Å². The molecular weight excluding hydrogens is 658 g/mol. The van der Waals surface area contributed by atoms with Crippen LogP contribution < -0.4 is 21.3 Å². The quantitative estimate of drug-likeness (QED) is 0.100. The molecule has 1 saturated heterocycles. The number of rotatable bonds is 23. The summed E-state index contributed by atoms with van der Waals surface area (Å²) < 4.78 is 5.41. The second-order valence-corrected chi connectivity index (χ2v) is 15.4. The molecule has 1 aliphatic rings. The standard InChI is InChI=1S/C41H61N5O6/c1-28(2)24-33(37(48)41(5)27-52-41)43-40(51)35(26-31-18-12-9-13-19-31)45-39(50)34(25-29(3)4)44-38(49)32(22-21-30-16-10-8-11-17-30)42-36(47)20-14-15-23-46(6)7/h8-13,16-19,28-29,32-35H,14-15,20-27H2,1-7H3,(H,42,47)(H,43,51)(H,44,49)(H,45,50)/t32-,33-,34-,35-,41+/m0/s1. The van der Waals surface area contributed by atoms with Gasteiger partial charge in [-0.05, 0) is 89.1 Å². The number of hydrogen-bond acceptors (Lipinski definition) is 7. The number of nitrogens with one attached hydrogen (secondary N) is 4. The molecule has 2 aromatic rings. The Hall–Kier alpha value is -4.09. The zero-order valence-electron chi connectivity index (χ0n) is 32.2. The van der Waals surface area contributed by atoms with E-state index in [1.807, 2.05) is 102 Å². The lowest BCUT2D eigenvalue weighted by Crippen LogP contribution is -2.59. The number of ketones is 1. The summed E-state index contributed by atoms with van der Waals surface area (Å²) in [5.41, 5.74) is 0.935. The second-order valence-electron chi connectivity index (χ2n) is 15.4. The van der Waals surface area contributed by atoms with Gasteiger partial charge in [0.05, 0.1) is 12.6 Å². The van der Waals surface area contributed by atoms with Gasteiger partial charge < -0.3 is 30.9 Å². The molecule has 5 atom stereocenters. The minimum Gasteiger partial charge on any atom is -0.361 e. The Labute approximate surface area is 310 Å². The number of aryl methyl sites for hydroxylation is 1. The van der Waals surface area contributed by atoms with E-state index in [1.165, 1.54) is 0 Å². The Morgan fingerprint density at radius 2 is 1.19 bits per heavy atom. The number of nitrogens with zero attached hydrogens (tertiary/aromatic N) is 1. The number of carbonyl (C=O) groups excluding carboxylic acids is 5. The van der Waals surface area contributed by atoms with Gasteiger partial charge >= 0.3 is 0 Å². The van der Waals surface area contributed by atoms with Crippen LogP contribution in [0.3, 0.4) is 0 Å². The summed E-state index contributed by atoms with van der Waals surface area (Å²) in [6.45, 7) is 10.7. The predicted octanol–water partition coefficient (Wildman–Crippen LogP) is 3.98. The first kappa shape index (κ1) is 42.3. The number of hydrogen-bond donors (Lipinski definition) is 4. The lowest BCUT2D eigenvalue weighted by Gasteiger charge is -2.28. The van der Waals surface area contributed by atoms with E-state index in [9.17, 15) is 24.0 Å². The molecule has 0 spiro atoms. The zero-order valence-corrected chi connectivity index (χ0v) is 32.2. The van der Waals surface area contributed by atoms with E-state index in [4.69, 9.17) is 4.74 Å². The van der Waals surface area contributed by atoms with Crippen molar-refractivity contribution in [3.63, 3.8) is 0 Å². The van der Waals surface area contributed by atoms with Crippen LogP contribution in [-0.4, -0.2) is 91.3 Å². The molecule has 2 aromatic carbocycles. The van der Waals surface area contributed by atoms with Gasteiger partial charge in [-0.25, -0.2) is 0 Å². The van der Waals surface area contributed by atoms with Crippen molar-refractivity contribution in [3.8, 4) is 0 Å². The summed E-state index contributed by atoms with van der Waals surface area (Å²) in [4.78, 5) is 70.3. The molecule has 1 fully saturated rings. The Bertz CT molecular complexity index is 1440. The average Bonchev–Trinajstić information content (AvgIpc) is 3.85. The maximum atomic E-state index is 14.1. The molecule has 0 aliphatic carbocycles. The van der Waals surface area contributed by atoms with Crippen LogP contribution in [-0.2, 0) is 41.6 Å². The van der Waals surface area contributed by atoms with Crippen LogP contribution in [0.5, 0.6) is 0 Å². The summed E-state index contributed by atoms with van der Waals surface area (Å²) in [5, 5.41) is 11.7. The van der Waals surface area contributed by atoms with Crippen LogP contribution in [0.4, 0.5) is 0 Å².